The first-order valence-corrected chi connectivity index (χ1v) is 19.1. The highest BCUT2D eigenvalue weighted by atomic mass is 15.1. The van der Waals surface area contributed by atoms with Crippen LogP contribution in [0.4, 0.5) is 28.4 Å². The van der Waals surface area contributed by atoms with Crippen molar-refractivity contribution in [3.8, 4) is 6.07 Å². The molecule has 3 nitrogen and oxygen atoms in total. The second-order valence-corrected chi connectivity index (χ2v) is 14.0. The van der Waals surface area contributed by atoms with Crippen LogP contribution in [-0.2, 0) is 0 Å². The minimum Gasteiger partial charge on any atom is -0.356 e. The van der Waals surface area contributed by atoms with E-state index in [1.54, 1.807) is 0 Å². The Kier molecular flexibility index (Phi) is 11.0. The lowest BCUT2D eigenvalue weighted by Crippen LogP contribution is -2.09. The van der Waals surface area contributed by atoms with Crippen molar-refractivity contribution in [2.24, 2.45) is 0 Å². The molecular weight excluding hydrogens is 691 g/mol. The van der Waals surface area contributed by atoms with Crippen molar-refractivity contribution < 1.29 is 0 Å². The van der Waals surface area contributed by atoms with E-state index in [9.17, 15) is 5.26 Å². The monoisotopic (exact) mass is 731 g/mol. The Hall–Kier alpha value is -7.67. The third-order valence-corrected chi connectivity index (χ3v) is 9.99. The van der Waals surface area contributed by atoms with E-state index in [0.29, 0.717) is 5.56 Å². The second kappa shape index (κ2) is 17.2. The van der Waals surface area contributed by atoms with Crippen molar-refractivity contribution in [2.45, 2.75) is 6.92 Å². The number of nitriles is 1. The van der Waals surface area contributed by atoms with Crippen molar-refractivity contribution in [1.82, 2.24) is 0 Å². The van der Waals surface area contributed by atoms with Gasteiger partial charge in [-0.1, -0.05) is 157 Å². The summed E-state index contributed by atoms with van der Waals surface area (Å²) in [5.74, 6) is 0. The van der Waals surface area contributed by atoms with E-state index in [-0.39, 0.29) is 0 Å². The van der Waals surface area contributed by atoms with Gasteiger partial charge in [0, 0.05) is 28.4 Å². The van der Waals surface area contributed by atoms with Crippen LogP contribution in [0.3, 0.4) is 0 Å². The highest BCUT2D eigenvalue weighted by Gasteiger charge is 2.14. The number of nitrogens with zero attached hydrogens (tertiary/aromatic N) is 2. The topological polar surface area (TPSA) is 39.1 Å². The van der Waals surface area contributed by atoms with Gasteiger partial charge < -0.3 is 10.2 Å². The summed E-state index contributed by atoms with van der Waals surface area (Å²) in [6.45, 7) is 2.10. The number of nitrogens with one attached hydrogen (secondary N) is 1. The summed E-state index contributed by atoms with van der Waals surface area (Å²) in [5, 5.41) is 22.6. The molecule has 0 fully saturated rings. The highest BCUT2D eigenvalue weighted by Crippen LogP contribution is 2.37. The quantitative estimate of drug-likeness (QED) is 0.192. The maximum Gasteiger partial charge on any atom is 0.0991 e. The number of anilines is 5. The zero-order valence-corrected chi connectivity index (χ0v) is 31.8. The number of hydrogen-bond acceptors (Lipinski definition) is 3. The molecule has 0 heterocycles. The maximum absolute atomic E-state index is 9.17. The summed E-state index contributed by atoms with van der Waals surface area (Å²) in [7, 11) is 0. The molecule has 0 aliphatic carbocycles. The van der Waals surface area contributed by atoms with E-state index in [2.05, 4.69) is 223 Å². The summed E-state index contributed by atoms with van der Waals surface area (Å²) < 4.78 is 0. The fourth-order valence-corrected chi connectivity index (χ4v) is 6.97. The minimum atomic E-state index is 0.658. The van der Waals surface area contributed by atoms with Gasteiger partial charge >= 0.3 is 0 Å². The summed E-state index contributed by atoms with van der Waals surface area (Å²) >= 11 is 0. The molecular formula is C54H41N3. The molecule has 0 aliphatic heterocycles. The molecule has 0 unspecified atom stereocenters. The van der Waals surface area contributed by atoms with Gasteiger partial charge in [0.15, 0.2) is 0 Å². The molecule has 10 aromatic rings. The summed E-state index contributed by atoms with van der Waals surface area (Å²) in [6.07, 6.45) is 0. The molecule has 10 rings (SSSR count). The smallest absolute Gasteiger partial charge is 0.0991 e. The van der Waals surface area contributed by atoms with Crippen LogP contribution in [0.15, 0.2) is 224 Å². The molecule has 0 aromatic heterocycles. The largest absolute Gasteiger partial charge is 0.356 e. The summed E-state index contributed by atoms with van der Waals surface area (Å²) in [6, 6.07) is 79.7. The van der Waals surface area contributed by atoms with Crippen molar-refractivity contribution in [2.75, 3.05) is 10.2 Å². The Balaban J connectivity index is 0.000000137. The third kappa shape index (κ3) is 8.84. The molecule has 3 heteroatoms. The Morgan fingerprint density at radius 1 is 0.351 bits per heavy atom. The number of rotatable bonds is 5. The van der Waals surface area contributed by atoms with Crippen LogP contribution in [0, 0.1) is 18.3 Å². The van der Waals surface area contributed by atoms with Gasteiger partial charge in [-0.3, -0.25) is 0 Å². The Morgan fingerprint density at radius 3 is 1.14 bits per heavy atom. The predicted molar refractivity (Wildman–Crippen MR) is 243 cm³/mol. The van der Waals surface area contributed by atoms with E-state index >= 15 is 0 Å². The van der Waals surface area contributed by atoms with Gasteiger partial charge in [-0.2, -0.15) is 5.26 Å². The van der Waals surface area contributed by atoms with Crippen LogP contribution in [0.1, 0.15) is 11.1 Å². The molecule has 0 aliphatic rings. The van der Waals surface area contributed by atoms with E-state index in [1.807, 2.05) is 24.3 Å². The van der Waals surface area contributed by atoms with E-state index in [4.69, 9.17) is 0 Å². The molecule has 0 spiro atoms. The zero-order chi connectivity index (χ0) is 38.8. The van der Waals surface area contributed by atoms with Crippen LogP contribution in [0.2, 0.25) is 0 Å². The maximum atomic E-state index is 9.17. The van der Waals surface area contributed by atoms with Gasteiger partial charge in [0.05, 0.1) is 11.6 Å². The fraction of sp³-hybridized carbons (Fsp3) is 0.0185. The molecule has 0 amide bonds. The van der Waals surface area contributed by atoms with Crippen LogP contribution in [0.5, 0.6) is 0 Å². The van der Waals surface area contributed by atoms with Crippen molar-refractivity contribution >= 4 is 71.5 Å². The van der Waals surface area contributed by atoms with Crippen molar-refractivity contribution in [3.63, 3.8) is 0 Å². The number of hydrogen-bond donors (Lipinski definition) is 1. The van der Waals surface area contributed by atoms with Crippen LogP contribution in [-0.4, -0.2) is 0 Å². The lowest BCUT2D eigenvalue weighted by Gasteiger charge is -2.26. The molecule has 57 heavy (non-hydrogen) atoms. The van der Waals surface area contributed by atoms with E-state index < -0.39 is 0 Å². The molecule has 0 saturated heterocycles. The van der Waals surface area contributed by atoms with Gasteiger partial charge in [-0.15, -0.1) is 0 Å². The highest BCUT2D eigenvalue weighted by molar-refractivity contribution is 5.92. The molecule has 272 valence electrons. The molecule has 0 atom stereocenters. The molecule has 0 bridgehead atoms. The Labute approximate surface area is 334 Å². The third-order valence-electron chi connectivity index (χ3n) is 9.99. The van der Waals surface area contributed by atoms with Gasteiger partial charge in [0.2, 0.25) is 0 Å². The lowest BCUT2D eigenvalue weighted by atomic mass is 10.1. The fourth-order valence-electron chi connectivity index (χ4n) is 6.97. The second-order valence-electron chi connectivity index (χ2n) is 14.0. The SMILES string of the molecule is Cc1ccc(Nc2ccc3ccccc3c2)cc1.N#Cc1ccc(N(c2ccc3ccccc3c2)c2ccc3ccccc3c2)cc1.c1ccc2ccccc2c1. The first-order valence-electron chi connectivity index (χ1n) is 19.1. The van der Waals surface area contributed by atoms with Gasteiger partial charge in [0.25, 0.3) is 0 Å². The number of fused-ring (bicyclic) bond motifs is 4. The number of aryl methyl sites for hydroxylation is 1. The number of benzene rings is 10. The van der Waals surface area contributed by atoms with Crippen LogP contribution in [0.25, 0.3) is 43.1 Å². The molecule has 10 aromatic carbocycles. The van der Waals surface area contributed by atoms with Crippen molar-refractivity contribution in [1.29, 1.82) is 5.26 Å². The molecule has 0 radical (unpaired) electrons. The normalized spacial score (nSPS) is 10.5. The first kappa shape index (κ1) is 36.3. The van der Waals surface area contributed by atoms with E-state index in [0.717, 1.165) is 28.4 Å². The van der Waals surface area contributed by atoms with Gasteiger partial charge in [0.1, 0.15) is 0 Å². The van der Waals surface area contributed by atoms with Crippen LogP contribution >= 0.6 is 0 Å². The van der Waals surface area contributed by atoms with Crippen molar-refractivity contribution in [3.05, 3.63) is 236 Å². The minimum absolute atomic E-state index is 0.658. The lowest BCUT2D eigenvalue weighted by molar-refractivity contribution is 1.29. The van der Waals surface area contributed by atoms with Crippen LogP contribution < -0.4 is 10.2 Å². The summed E-state index contributed by atoms with van der Waals surface area (Å²) in [5.41, 5.74) is 7.38. The summed E-state index contributed by atoms with van der Waals surface area (Å²) in [4.78, 5) is 2.24. The first-order chi connectivity index (χ1) is 28.1. The van der Waals surface area contributed by atoms with E-state index in [1.165, 1.54) is 48.7 Å². The average molecular weight is 732 g/mol. The average Bonchev–Trinajstić information content (AvgIpc) is 3.28. The Morgan fingerprint density at radius 2 is 0.702 bits per heavy atom. The molecule has 1 N–H and O–H groups in total. The zero-order valence-electron chi connectivity index (χ0n) is 31.8. The molecule has 0 saturated carbocycles. The van der Waals surface area contributed by atoms with Gasteiger partial charge in [-0.25, -0.2) is 0 Å². The van der Waals surface area contributed by atoms with Gasteiger partial charge in [-0.05, 0) is 123 Å². The predicted octanol–water partition coefficient (Wildman–Crippen LogP) is 15.1. The standard InChI is InChI=1S/C27H18N2.C17H15N.C10H8/c28-19-20-9-13-25(14-10-20)29(26-15-11-21-5-1-3-7-23(21)17-26)27-16-12-22-6-2-4-8-24(22)18-27;1-13-6-9-16(10-7-13)18-17-11-8-14-4-2-3-5-15(14)12-17;1-2-6-10-8-4-3-7-9(10)5-1/h1-18H;2-12,18H,1H3;1-8H. The Bertz CT molecular complexity index is 2820.